The number of ether oxygens (including phenoxy) is 2. The molecule has 0 atom stereocenters. The van der Waals surface area contributed by atoms with E-state index in [1.165, 1.54) is 20.4 Å². The van der Waals surface area contributed by atoms with Crippen LogP contribution in [0.2, 0.25) is 0 Å². The first kappa shape index (κ1) is 12.9. The third-order valence-corrected chi connectivity index (χ3v) is 2.50. The summed E-state index contributed by atoms with van der Waals surface area (Å²) in [5.74, 6) is 0.300. The van der Waals surface area contributed by atoms with E-state index < -0.39 is 0 Å². The number of nitrogens with zero attached hydrogens (tertiary/aromatic N) is 3. The average Bonchev–Trinajstić information content (AvgIpc) is 2.47. The van der Waals surface area contributed by atoms with Gasteiger partial charge in [0.05, 0.1) is 20.4 Å². The zero-order valence-electron chi connectivity index (χ0n) is 10.7. The number of hydrogen-bond donors (Lipinski definition) is 0. The van der Waals surface area contributed by atoms with E-state index in [4.69, 9.17) is 9.47 Å². The maximum absolute atomic E-state index is 12.1. The van der Waals surface area contributed by atoms with E-state index in [1.54, 1.807) is 24.5 Å². The lowest BCUT2D eigenvalue weighted by Crippen LogP contribution is -2.10. The molecule has 0 unspecified atom stereocenters. The Morgan fingerprint density at radius 1 is 1.21 bits per heavy atom. The fourth-order valence-electron chi connectivity index (χ4n) is 1.56. The van der Waals surface area contributed by atoms with Crippen molar-refractivity contribution in [3.05, 3.63) is 42.0 Å². The lowest BCUT2D eigenvalue weighted by molar-refractivity contribution is 0.0984. The van der Waals surface area contributed by atoms with Crippen LogP contribution in [0.25, 0.3) is 0 Å². The molecule has 0 aliphatic rings. The molecule has 0 saturated carbocycles. The minimum absolute atomic E-state index is 0.165. The van der Waals surface area contributed by atoms with Crippen molar-refractivity contribution in [2.75, 3.05) is 14.2 Å². The molecule has 0 amide bonds. The van der Waals surface area contributed by atoms with Crippen LogP contribution in [-0.2, 0) is 6.42 Å². The van der Waals surface area contributed by atoms with Crippen molar-refractivity contribution < 1.29 is 14.3 Å². The molecule has 0 bridgehead atoms. The van der Waals surface area contributed by atoms with Gasteiger partial charge in [-0.05, 0) is 17.7 Å². The number of Topliss-reactive ketones (excluding diaryl/α,β-unsaturated/α-hetero) is 1. The number of carbonyl (C=O) groups excluding carboxylic acids is 1. The van der Waals surface area contributed by atoms with Crippen molar-refractivity contribution in [3.8, 4) is 11.8 Å². The number of carbonyl (C=O) groups is 1. The van der Waals surface area contributed by atoms with Crippen molar-refractivity contribution >= 4 is 5.78 Å². The van der Waals surface area contributed by atoms with Gasteiger partial charge in [-0.25, -0.2) is 4.98 Å². The lowest BCUT2D eigenvalue weighted by Gasteiger charge is -2.07. The normalized spacial score (nSPS) is 10.0. The summed E-state index contributed by atoms with van der Waals surface area (Å²) in [7, 11) is 2.91. The van der Waals surface area contributed by atoms with E-state index in [1.807, 2.05) is 0 Å². The standard InChI is InChI=1S/C13H13N3O3/c1-18-11-8-15-12(13(16-11)19-2)10(17)7-9-3-5-14-6-4-9/h3-6,8H,7H2,1-2H3. The number of aromatic nitrogens is 3. The van der Waals surface area contributed by atoms with Gasteiger partial charge in [-0.3, -0.25) is 9.78 Å². The third kappa shape index (κ3) is 3.04. The van der Waals surface area contributed by atoms with E-state index in [0.717, 1.165) is 5.56 Å². The van der Waals surface area contributed by atoms with Crippen LogP contribution in [0.1, 0.15) is 16.1 Å². The van der Waals surface area contributed by atoms with E-state index in [0.29, 0.717) is 5.88 Å². The highest BCUT2D eigenvalue weighted by molar-refractivity contribution is 5.97. The Labute approximate surface area is 110 Å². The third-order valence-electron chi connectivity index (χ3n) is 2.50. The second-order valence-corrected chi connectivity index (χ2v) is 3.73. The van der Waals surface area contributed by atoms with Crippen molar-refractivity contribution in [1.29, 1.82) is 0 Å². The predicted octanol–water partition coefficient (Wildman–Crippen LogP) is 1.31. The summed E-state index contributed by atoms with van der Waals surface area (Å²) in [6, 6.07) is 3.56. The van der Waals surface area contributed by atoms with Crippen LogP contribution in [0, 0.1) is 0 Å². The Morgan fingerprint density at radius 3 is 2.58 bits per heavy atom. The molecular weight excluding hydrogens is 246 g/mol. The van der Waals surface area contributed by atoms with Crippen LogP contribution in [-0.4, -0.2) is 35.0 Å². The van der Waals surface area contributed by atoms with Crippen LogP contribution in [0.15, 0.2) is 30.7 Å². The summed E-state index contributed by atoms with van der Waals surface area (Å²) in [6.45, 7) is 0. The zero-order chi connectivity index (χ0) is 13.7. The quantitative estimate of drug-likeness (QED) is 0.754. The summed E-state index contributed by atoms with van der Waals surface area (Å²) in [6.07, 6.45) is 4.89. The Kier molecular flexibility index (Phi) is 4.02. The maximum atomic E-state index is 12.1. The number of hydrogen-bond acceptors (Lipinski definition) is 6. The Bertz CT molecular complexity index is 573. The highest BCUT2D eigenvalue weighted by Crippen LogP contribution is 2.18. The van der Waals surface area contributed by atoms with Gasteiger partial charge >= 0.3 is 0 Å². The van der Waals surface area contributed by atoms with E-state index in [-0.39, 0.29) is 23.8 Å². The minimum Gasteiger partial charge on any atom is -0.480 e. The van der Waals surface area contributed by atoms with Gasteiger partial charge in [0.2, 0.25) is 11.8 Å². The second kappa shape index (κ2) is 5.90. The summed E-state index contributed by atoms with van der Waals surface area (Å²) in [5.41, 5.74) is 1.06. The molecule has 0 saturated heterocycles. The van der Waals surface area contributed by atoms with Gasteiger partial charge in [-0.1, -0.05) is 0 Å². The molecule has 6 heteroatoms. The molecule has 0 aliphatic carbocycles. The first-order chi connectivity index (χ1) is 9.24. The van der Waals surface area contributed by atoms with Crippen molar-refractivity contribution in [3.63, 3.8) is 0 Å². The first-order valence-electron chi connectivity index (χ1n) is 5.61. The van der Waals surface area contributed by atoms with Crippen LogP contribution in [0.3, 0.4) is 0 Å². The smallest absolute Gasteiger partial charge is 0.246 e. The van der Waals surface area contributed by atoms with Gasteiger partial charge < -0.3 is 9.47 Å². The van der Waals surface area contributed by atoms with Gasteiger partial charge in [0.1, 0.15) is 0 Å². The largest absolute Gasteiger partial charge is 0.480 e. The van der Waals surface area contributed by atoms with Gasteiger partial charge in [0, 0.05) is 18.8 Å². The molecule has 98 valence electrons. The summed E-state index contributed by atoms with van der Waals surface area (Å²) < 4.78 is 10.00. The molecule has 2 aromatic rings. The number of methoxy groups -OCH3 is 2. The van der Waals surface area contributed by atoms with Crippen molar-refractivity contribution in [2.24, 2.45) is 0 Å². The molecule has 19 heavy (non-hydrogen) atoms. The molecule has 0 aromatic carbocycles. The van der Waals surface area contributed by atoms with Gasteiger partial charge in [-0.15, -0.1) is 0 Å². The Morgan fingerprint density at radius 2 is 1.95 bits per heavy atom. The molecule has 0 fully saturated rings. The van der Waals surface area contributed by atoms with Crippen LogP contribution in [0.4, 0.5) is 0 Å². The van der Waals surface area contributed by atoms with E-state index in [2.05, 4.69) is 15.0 Å². The zero-order valence-corrected chi connectivity index (χ0v) is 10.7. The fourth-order valence-corrected chi connectivity index (χ4v) is 1.56. The molecule has 0 spiro atoms. The number of ketones is 1. The van der Waals surface area contributed by atoms with Crippen molar-refractivity contribution in [1.82, 2.24) is 15.0 Å². The number of pyridine rings is 1. The molecule has 2 rings (SSSR count). The predicted molar refractivity (Wildman–Crippen MR) is 67.4 cm³/mol. The van der Waals surface area contributed by atoms with E-state index >= 15 is 0 Å². The molecule has 0 aliphatic heterocycles. The molecular formula is C13H13N3O3. The van der Waals surface area contributed by atoms with E-state index in [9.17, 15) is 4.79 Å². The second-order valence-electron chi connectivity index (χ2n) is 3.73. The number of rotatable bonds is 5. The lowest BCUT2D eigenvalue weighted by atomic mass is 10.1. The molecule has 2 heterocycles. The Balaban J connectivity index is 2.24. The maximum Gasteiger partial charge on any atom is 0.246 e. The van der Waals surface area contributed by atoms with Crippen LogP contribution >= 0.6 is 0 Å². The molecule has 0 N–H and O–H groups in total. The SMILES string of the molecule is COc1cnc(C(=O)Cc2ccncc2)c(OC)n1. The average molecular weight is 259 g/mol. The van der Waals surface area contributed by atoms with Crippen LogP contribution in [0.5, 0.6) is 11.8 Å². The molecule has 2 aromatic heterocycles. The van der Waals surface area contributed by atoms with Crippen molar-refractivity contribution in [2.45, 2.75) is 6.42 Å². The van der Waals surface area contributed by atoms with Gasteiger partial charge in [0.25, 0.3) is 0 Å². The highest BCUT2D eigenvalue weighted by atomic mass is 16.5. The monoisotopic (exact) mass is 259 g/mol. The summed E-state index contributed by atoms with van der Waals surface area (Å²) >= 11 is 0. The minimum atomic E-state index is -0.168. The van der Waals surface area contributed by atoms with Gasteiger partial charge in [0.15, 0.2) is 11.5 Å². The topological polar surface area (TPSA) is 74.2 Å². The highest BCUT2D eigenvalue weighted by Gasteiger charge is 2.17. The van der Waals surface area contributed by atoms with Gasteiger partial charge in [-0.2, -0.15) is 4.98 Å². The summed E-state index contributed by atoms with van der Waals surface area (Å²) in [4.78, 5) is 24.1. The first-order valence-corrected chi connectivity index (χ1v) is 5.61. The summed E-state index contributed by atoms with van der Waals surface area (Å²) in [5, 5.41) is 0. The fraction of sp³-hybridized carbons (Fsp3) is 0.231. The Hall–Kier alpha value is -2.50. The molecule has 0 radical (unpaired) electrons. The molecule has 6 nitrogen and oxygen atoms in total. The van der Waals surface area contributed by atoms with Crippen LogP contribution < -0.4 is 9.47 Å².